The Morgan fingerprint density at radius 2 is 1.87 bits per heavy atom. The molecular weight excluding hydrogens is 309 g/mol. The number of nitrogens with one attached hydrogen (secondary N) is 1. The number of hydrogen-bond donors (Lipinski definition) is 1. The van der Waals surface area contributed by atoms with E-state index in [2.05, 4.69) is 5.32 Å². The molecule has 23 heavy (non-hydrogen) atoms. The van der Waals surface area contributed by atoms with Gasteiger partial charge in [0.25, 0.3) is 5.91 Å². The SMILES string of the molecule is Cc1ccc([C@H](NC(=O)c2cccc(F)c2)c2cccs2)cc1. The van der Waals surface area contributed by atoms with Crippen LogP contribution in [0.4, 0.5) is 4.39 Å². The van der Waals surface area contributed by atoms with E-state index in [-0.39, 0.29) is 11.9 Å². The highest BCUT2D eigenvalue weighted by Gasteiger charge is 2.19. The van der Waals surface area contributed by atoms with E-state index >= 15 is 0 Å². The Kier molecular flexibility index (Phi) is 4.53. The molecular formula is C19H16FNOS. The molecule has 1 amide bonds. The highest BCUT2D eigenvalue weighted by molar-refractivity contribution is 7.10. The van der Waals surface area contributed by atoms with E-state index in [0.29, 0.717) is 5.56 Å². The van der Waals surface area contributed by atoms with Gasteiger partial charge in [-0.2, -0.15) is 0 Å². The molecule has 116 valence electrons. The molecule has 0 saturated heterocycles. The number of rotatable bonds is 4. The third kappa shape index (κ3) is 3.66. The van der Waals surface area contributed by atoms with Gasteiger partial charge in [-0.1, -0.05) is 42.0 Å². The Bertz CT molecular complexity index is 797. The molecule has 1 atom stereocenters. The van der Waals surface area contributed by atoms with Crippen molar-refractivity contribution in [3.63, 3.8) is 0 Å². The van der Waals surface area contributed by atoms with Gasteiger partial charge < -0.3 is 5.32 Å². The van der Waals surface area contributed by atoms with E-state index < -0.39 is 5.82 Å². The average molecular weight is 325 g/mol. The molecule has 0 bridgehead atoms. The normalized spacial score (nSPS) is 11.9. The average Bonchev–Trinajstić information content (AvgIpc) is 3.07. The number of benzene rings is 2. The molecule has 0 aliphatic rings. The molecule has 0 spiro atoms. The molecule has 0 unspecified atom stereocenters. The first-order valence-corrected chi connectivity index (χ1v) is 8.18. The molecule has 3 rings (SSSR count). The fraction of sp³-hybridized carbons (Fsp3) is 0.105. The van der Waals surface area contributed by atoms with Crippen LogP contribution in [-0.2, 0) is 0 Å². The second-order valence-corrected chi connectivity index (χ2v) is 6.32. The van der Waals surface area contributed by atoms with Crippen molar-refractivity contribution in [1.82, 2.24) is 5.32 Å². The smallest absolute Gasteiger partial charge is 0.252 e. The number of aryl methyl sites for hydroxylation is 1. The van der Waals surface area contributed by atoms with Crippen molar-refractivity contribution in [2.45, 2.75) is 13.0 Å². The van der Waals surface area contributed by atoms with Crippen molar-refractivity contribution in [3.05, 3.63) is 93.4 Å². The van der Waals surface area contributed by atoms with E-state index in [1.165, 1.54) is 18.2 Å². The molecule has 0 radical (unpaired) electrons. The van der Waals surface area contributed by atoms with Gasteiger partial charge >= 0.3 is 0 Å². The van der Waals surface area contributed by atoms with Crippen LogP contribution < -0.4 is 5.32 Å². The summed E-state index contributed by atoms with van der Waals surface area (Å²) in [5.74, 6) is -0.705. The predicted octanol–water partition coefficient (Wildman–Crippen LogP) is 4.72. The lowest BCUT2D eigenvalue weighted by Gasteiger charge is -2.18. The molecule has 0 fully saturated rings. The van der Waals surface area contributed by atoms with Gasteiger partial charge in [-0.25, -0.2) is 4.39 Å². The van der Waals surface area contributed by atoms with Crippen LogP contribution in [0.15, 0.2) is 66.0 Å². The zero-order valence-electron chi connectivity index (χ0n) is 12.6. The summed E-state index contributed by atoms with van der Waals surface area (Å²) in [6.07, 6.45) is 0. The molecule has 4 heteroatoms. The van der Waals surface area contributed by atoms with Crippen LogP contribution in [0.2, 0.25) is 0 Å². The topological polar surface area (TPSA) is 29.1 Å². The maximum atomic E-state index is 13.3. The van der Waals surface area contributed by atoms with Crippen molar-refractivity contribution < 1.29 is 9.18 Å². The van der Waals surface area contributed by atoms with Crippen molar-refractivity contribution in [1.29, 1.82) is 0 Å². The van der Waals surface area contributed by atoms with E-state index in [9.17, 15) is 9.18 Å². The van der Waals surface area contributed by atoms with Crippen LogP contribution in [0.25, 0.3) is 0 Å². The molecule has 1 N–H and O–H groups in total. The number of thiophene rings is 1. The van der Waals surface area contributed by atoms with Gasteiger partial charge in [0, 0.05) is 10.4 Å². The lowest BCUT2D eigenvalue weighted by Crippen LogP contribution is -2.28. The van der Waals surface area contributed by atoms with E-state index in [1.807, 2.05) is 48.7 Å². The molecule has 0 saturated carbocycles. The minimum Gasteiger partial charge on any atom is -0.340 e. The third-order valence-electron chi connectivity index (χ3n) is 3.60. The third-order valence-corrected chi connectivity index (χ3v) is 4.54. The minimum absolute atomic E-state index is 0.244. The maximum Gasteiger partial charge on any atom is 0.252 e. The number of carbonyl (C=O) groups excluding carboxylic acids is 1. The predicted molar refractivity (Wildman–Crippen MR) is 91.2 cm³/mol. The fourth-order valence-electron chi connectivity index (χ4n) is 2.38. The second-order valence-electron chi connectivity index (χ2n) is 5.34. The Morgan fingerprint density at radius 3 is 2.52 bits per heavy atom. The van der Waals surface area contributed by atoms with Crippen LogP contribution >= 0.6 is 11.3 Å². The summed E-state index contributed by atoms with van der Waals surface area (Å²) in [6.45, 7) is 2.02. The van der Waals surface area contributed by atoms with Gasteiger partial charge in [0.05, 0.1) is 6.04 Å². The first-order chi connectivity index (χ1) is 11.1. The summed E-state index contributed by atoms with van der Waals surface area (Å²) >= 11 is 1.58. The highest BCUT2D eigenvalue weighted by Crippen LogP contribution is 2.26. The van der Waals surface area contributed by atoms with Crippen molar-refractivity contribution >= 4 is 17.2 Å². The monoisotopic (exact) mass is 325 g/mol. The zero-order valence-corrected chi connectivity index (χ0v) is 13.4. The maximum absolute atomic E-state index is 13.3. The van der Waals surface area contributed by atoms with Gasteiger partial charge in [0.1, 0.15) is 5.82 Å². The fourth-order valence-corrected chi connectivity index (χ4v) is 3.18. The Morgan fingerprint density at radius 1 is 1.09 bits per heavy atom. The number of hydrogen-bond acceptors (Lipinski definition) is 2. The van der Waals surface area contributed by atoms with Gasteiger partial charge in [0.2, 0.25) is 0 Å². The summed E-state index contributed by atoms with van der Waals surface area (Å²) in [6, 6.07) is 17.5. The van der Waals surface area contributed by atoms with Crippen molar-refractivity contribution in [2.75, 3.05) is 0 Å². The lowest BCUT2D eigenvalue weighted by atomic mass is 10.0. The van der Waals surface area contributed by atoms with E-state index in [0.717, 1.165) is 16.0 Å². The highest BCUT2D eigenvalue weighted by atomic mass is 32.1. The molecule has 0 aliphatic heterocycles. The number of halogens is 1. The Balaban J connectivity index is 1.90. The summed E-state index contributed by atoms with van der Waals surface area (Å²) in [5.41, 5.74) is 2.48. The van der Waals surface area contributed by atoms with E-state index in [1.54, 1.807) is 17.4 Å². The first kappa shape index (κ1) is 15.4. The van der Waals surface area contributed by atoms with Crippen LogP contribution in [0.3, 0.4) is 0 Å². The van der Waals surface area contributed by atoms with Gasteiger partial charge in [0.15, 0.2) is 0 Å². The molecule has 1 aromatic heterocycles. The van der Waals surface area contributed by atoms with Crippen molar-refractivity contribution in [2.24, 2.45) is 0 Å². The van der Waals surface area contributed by atoms with Gasteiger partial charge in [-0.05, 0) is 42.1 Å². The Labute approximate surface area is 138 Å². The Hall–Kier alpha value is -2.46. The molecule has 3 aromatic rings. The standard InChI is InChI=1S/C19H16FNOS/c1-13-7-9-14(10-8-13)18(17-6-3-11-23-17)21-19(22)15-4-2-5-16(20)12-15/h2-12,18H,1H3,(H,21,22)/t18-/m0/s1. The molecule has 0 aliphatic carbocycles. The summed E-state index contributed by atoms with van der Waals surface area (Å²) < 4.78 is 13.3. The zero-order chi connectivity index (χ0) is 16.2. The van der Waals surface area contributed by atoms with Gasteiger partial charge in [-0.3, -0.25) is 4.79 Å². The second kappa shape index (κ2) is 6.75. The first-order valence-electron chi connectivity index (χ1n) is 7.30. The van der Waals surface area contributed by atoms with Crippen LogP contribution in [0.5, 0.6) is 0 Å². The summed E-state index contributed by atoms with van der Waals surface area (Å²) in [4.78, 5) is 13.5. The molecule has 2 aromatic carbocycles. The number of amides is 1. The van der Waals surface area contributed by atoms with E-state index in [4.69, 9.17) is 0 Å². The largest absolute Gasteiger partial charge is 0.340 e. The number of carbonyl (C=O) groups is 1. The minimum atomic E-state index is -0.416. The van der Waals surface area contributed by atoms with Crippen LogP contribution in [0.1, 0.15) is 32.4 Å². The molecule has 2 nitrogen and oxygen atoms in total. The molecule has 1 heterocycles. The van der Waals surface area contributed by atoms with Gasteiger partial charge in [-0.15, -0.1) is 11.3 Å². The summed E-state index contributed by atoms with van der Waals surface area (Å²) in [5, 5.41) is 4.98. The lowest BCUT2D eigenvalue weighted by molar-refractivity contribution is 0.0943. The quantitative estimate of drug-likeness (QED) is 0.739. The van der Waals surface area contributed by atoms with Crippen LogP contribution in [0, 0.1) is 12.7 Å². The summed E-state index contributed by atoms with van der Waals surface area (Å²) in [7, 11) is 0. The van der Waals surface area contributed by atoms with Crippen LogP contribution in [-0.4, -0.2) is 5.91 Å². The van der Waals surface area contributed by atoms with Crippen molar-refractivity contribution in [3.8, 4) is 0 Å².